The lowest BCUT2D eigenvalue weighted by Gasteiger charge is -2.34. The Kier molecular flexibility index (Phi) is 5.78. The smallest absolute Gasteiger partial charge is 0.319 e. The van der Waals surface area contributed by atoms with E-state index in [9.17, 15) is 14.0 Å². The van der Waals surface area contributed by atoms with E-state index in [2.05, 4.69) is 5.32 Å². The van der Waals surface area contributed by atoms with Gasteiger partial charge >= 0.3 is 6.03 Å². The summed E-state index contributed by atoms with van der Waals surface area (Å²) in [7, 11) is 0. The van der Waals surface area contributed by atoms with E-state index in [1.807, 2.05) is 9.80 Å². The highest BCUT2D eigenvalue weighted by atomic mass is 35.5. The molecule has 5 nitrogen and oxygen atoms in total. The fourth-order valence-electron chi connectivity index (χ4n) is 3.46. The highest BCUT2D eigenvalue weighted by Crippen LogP contribution is 2.20. The molecule has 7 heteroatoms. The standard InChI is InChI=1S/C18H23ClFN3O2/c19-15-4-3-5-16(20)14(15)12-17(24)21-13-6-10-23(11-7-13)18(25)22-8-1-2-9-22/h3-5,13H,1-2,6-12H2,(H,21,24). The molecule has 2 aliphatic rings. The van der Waals surface area contributed by atoms with E-state index in [1.165, 1.54) is 12.1 Å². The third-order valence-electron chi connectivity index (χ3n) is 4.91. The molecule has 0 aromatic heterocycles. The van der Waals surface area contributed by atoms with E-state index >= 15 is 0 Å². The summed E-state index contributed by atoms with van der Waals surface area (Å²) in [6, 6.07) is 4.53. The number of hydrogen-bond donors (Lipinski definition) is 1. The van der Waals surface area contributed by atoms with Crippen LogP contribution in [0.4, 0.5) is 9.18 Å². The average molecular weight is 368 g/mol. The van der Waals surface area contributed by atoms with Crippen molar-refractivity contribution in [3.8, 4) is 0 Å². The number of nitrogens with one attached hydrogen (secondary N) is 1. The lowest BCUT2D eigenvalue weighted by molar-refractivity contribution is -0.121. The maximum Gasteiger partial charge on any atom is 0.319 e. The summed E-state index contributed by atoms with van der Waals surface area (Å²) in [6.07, 6.45) is 3.53. The molecule has 25 heavy (non-hydrogen) atoms. The fraction of sp³-hybridized carbons (Fsp3) is 0.556. The lowest BCUT2D eigenvalue weighted by Crippen LogP contribution is -2.50. The van der Waals surface area contributed by atoms with Gasteiger partial charge in [-0.05, 0) is 37.8 Å². The second-order valence-corrected chi connectivity index (χ2v) is 7.09. The minimum absolute atomic E-state index is 0.0145. The van der Waals surface area contributed by atoms with Crippen LogP contribution in [0.25, 0.3) is 0 Å². The Morgan fingerprint density at radius 2 is 1.76 bits per heavy atom. The average Bonchev–Trinajstić information content (AvgIpc) is 3.13. The number of hydrogen-bond acceptors (Lipinski definition) is 2. The quantitative estimate of drug-likeness (QED) is 0.893. The SMILES string of the molecule is O=C(Cc1c(F)cccc1Cl)NC1CCN(C(=O)N2CCCC2)CC1. The predicted octanol–water partition coefficient (Wildman–Crippen LogP) is 2.82. The van der Waals surface area contributed by atoms with Gasteiger partial charge in [0, 0.05) is 42.8 Å². The van der Waals surface area contributed by atoms with Gasteiger partial charge < -0.3 is 15.1 Å². The van der Waals surface area contributed by atoms with Gasteiger partial charge in [-0.3, -0.25) is 4.79 Å². The van der Waals surface area contributed by atoms with Crippen LogP contribution in [0.3, 0.4) is 0 Å². The van der Waals surface area contributed by atoms with Crippen LogP contribution in [0.15, 0.2) is 18.2 Å². The van der Waals surface area contributed by atoms with Gasteiger partial charge in [0.2, 0.25) is 5.91 Å². The third-order valence-corrected chi connectivity index (χ3v) is 5.26. The summed E-state index contributed by atoms with van der Waals surface area (Å²) in [5, 5.41) is 3.20. The van der Waals surface area contributed by atoms with Crippen LogP contribution in [-0.4, -0.2) is 54.0 Å². The Bertz CT molecular complexity index is 621. The Balaban J connectivity index is 1.47. The van der Waals surface area contributed by atoms with Crippen molar-refractivity contribution in [1.29, 1.82) is 0 Å². The van der Waals surface area contributed by atoms with Crippen molar-refractivity contribution in [1.82, 2.24) is 15.1 Å². The van der Waals surface area contributed by atoms with Crippen LogP contribution in [0, 0.1) is 5.82 Å². The molecule has 0 aliphatic carbocycles. The number of nitrogens with zero attached hydrogens (tertiary/aromatic N) is 2. The van der Waals surface area contributed by atoms with Gasteiger partial charge in [-0.2, -0.15) is 0 Å². The molecular formula is C18H23ClFN3O2. The number of halogens is 2. The number of amides is 3. The minimum atomic E-state index is -0.464. The third kappa shape index (κ3) is 4.42. The fourth-order valence-corrected chi connectivity index (χ4v) is 3.69. The molecule has 0 saturated carbocycles. The van der Waals surface area contributed by atoms with E-state index in [-0.39, 0.29) is 35.0 Å². The zero-order valence-electron chi connectivity index (χ0n) is 14.1. The first-order valence-corrected chi connectivity index (χ1v) is 9.18. The highest BCUT2D eigenvalue weighted by Gasteiger charge is 2.28. The zero-order valence-corrected chi connectivity index (χ0v) is 14.9. The summed E-state index contributed by atoms with van der Waals surface area (Å²) in [5.41, 5.74) is 0.225. The first-order chi connectivity index (χ1) is 12.0. The summed E-state index contributed by atoms with van der Waals surface area (Å²) in [6.45, 7) is 2.97. The van der Waals surface area contributed by atoms with Crippen LogP contribution in [0.1, 0.15) is 31.2 Å². The molecule has 1 aromatic carbocycles. The van der Waals surface area contributed by atoms with E-state index in [1.54, 1.807) is 6.07 Å². The monoisotopic (exact) mass is 367 g/mol. The molecule has 2 saturated heterocycles. The molecule has 0 unspecified atom stereocenters. The topological polar surface area (TPSA) is 52.7 Å². The second-order valence-electron chi connectivity index (χ2n) is 6.68. The molecule has 1 aromatic rings. The van der Waals surface area contributed by atoms with Crippen LogP contribution in [0.2, 0.25) is 5.02 Å². The normalized spacial score (nSPS) is 18.5. The van der Waals surface area contributed by atoms with E-state index < -0.39 is 5.82 Å². The van der Waals surface area contributed by atoms with Crippen LogP contribution >= 0.6 is 11.6 Å². The lowest BCUT2D eigenvalue weighted by atomic mass is 10.0. The summed E-state index contributed by atoms with van der Waals surface area (Å²) in [5.74, 6) is -0.704. The first kappa shape index (κ1) is 18.0. The number of likely N-dealkylation sites (tertiary alicyclic amines) is 2. The van der Waals surface area contributed by atoms with Crippen molar-refractivity contribution >= 4 is 23.5 Å². The number of rotatable bonds is 3. The van der Waals surface area contributed by atoms with E-state index in [4.69, 9.17) is 11.6 Å². The van der Waals surface area contributed by atoms with Crippen molar-refractivity contribution in [2.45, 2.75) is 38.1 Å². The van der Waals surface area contributed by atoms with Crippen LogP contribution in [0.5, 0.6) is 0 Å². The van der Waals surface area contributed by atoms with Crippen molar-refractivity contribution in [3.63, 3.8) is 0 Å². The summed E-state index contributed by atoms with van der Waals surface area (Å²) in [4.78, 5) is 28.3. The molecule has 0 bridgehead atoms. The molecule has 0 radical (unpaired) electrons. The Labute approximate surface area is 152 Å². The van der Waals surface area contributed by atoms with Crippen molar-refractivity contribution in [2.24, 2.45) is 0 Å². The predicted molar refractivity (Wildman–Crippen MR) is 94.1 cm³/mol. The highest BCUT2D eigenvalue weighted by molar-refractivity contribution is 6.31. The van der Waals surface area contributed by atoms with Gasteiger partial charge in [0.05, 0.1) is 6.42 Å². The largest absolute Gasteiger partial charge is 0.353 e. The van der Waals surface area contributed by atoms with Crippen molar-refractivity contribution < 1.29 is 14.0 Å². The number of carbonyl (C=O) groups excluding carboxylic acids is 2. The van der Waals surface area contributed by atoms with Gasteiger partial charge in [0.1, 0.15) is 5.82 Å². The number of benzene rings is 1. The minimum Gasteiger partial charge on any atom is -0.353 e. The van der Waals surface area contributed by atoms with Gasteiger partial charge in [-0.1, -0.05) is 17.7 Å². The van der Waals surface area contributed by atoms with E-state index in [0.717, 1.165) is 38.8 Å². The first-order valence-electron chi connectivity index (χ1n) is 8.80. The number of piperidine rings is 1. The Morgan fingerprint density at radius 3 is 2.40 bits per heavy atom. The molecule has 1 N–H and O–H groups in total. The van der Waals surface area contributed by atoms with Gasteiger partial charge in [-0.15, -0.1) is 0 Å². The number of carbonyl (C=O) groups is 2. The molecule has 136 valence electrons. The molecule has 2 aliphatic heterocycles. The molecule has 0 atom stereocenters. The maximum atomic E-state index is 13.8. The molecule has 0 spiro atoms. The maximum absolute atomic E-state index is 13.8. The van der Waals surface area contributed by atoms with E-state index in [0.29, 0.717) is 13.1 Å². The number of urea groups is 1. The molecular weight excluding hydrogens is 345 g/mol. The van der Waals surface area contributed by atoms with Crippen LogP contribution in [-0.2, 0) is 11.2 Å². The molecule has 2 heterocycles. The summed E-state index contributed by atoms with van der Waals surface area (Å²) >= 11 is 5.96. The molecule has 2 fully saturated rings. The zero-order chi connectivity index (χ0) is 17.8. The van der Waals surface area contributed by atoms with Gasteiger partial charge in [0.15, 0.2) is 0 Å². The van der Waals surface area contributed by atoms with Gasteiger partial charge in [-0.25, -0.2) is 9.18 Å². The Morgan fingerprint density at radius 1 is 1.12 bits per heavy atom. The molecule has 3 rings (SSSR count). The van der Waals surface area contributed by atoms with Crippen molar-refractivity contribution in [2.75, 3.05) is 26.2 Å². The van der Waals surface area contributed by atoms with Gasteiger partial charge in [0.25, 0.3) is 0 Å². The second kappa shape index (κ2) is 8.04. The molecule has 3 amide bonds. The Hall–Kier alpha value is -1.82. The van der Waals surface area contributed by atoms with Crippen LogP contribution < -0.4 is 5.32 Å². The van der Waals surface area contributed by atoms with Crippen molar-refractivity contribution in [3.05, 3.63) is 34.6 Å². The summed E-state index contributed by atoms with van der Waals surface area (Å²) < 4.78 is 13.8.